The minimum absolute atomic E-state index is 0.440. The van der Waals surface area contributed by atoms with Crippen molar-refractivity contribution in [3.63, 3.8) is 0 Å². The summed E-state index contributed by atoms with van der Waals surface area (Å²) in [6.45, 7) is 6.50. The van der Waals surface area contributed by atoms with Crippen LogP contribution in [-0.4, -0.2) is 44.3 Å². The summed E-state index contributed by atoms with van der Waals surface area (Å²) in [5.74, 6) is 0. The lowest BCUT2D eigenvalue weighted by Crippen LogP contribution is -2.34. The third-order valence-electron chi connectivity index (χ3n) is 4.22. The summed E-state index contributed by atoms with van der Waals surface area (Å²) in [5, 5.41) is 3.43. The van der Waals surface area contributed by atoms with Crippen molar-refractivity contribution in [2.45, 2.75) is 38.3 Å². The molecule has 2 atom stereocenters. The Morgan fingerprint density at radius 3 is 2.75 bits per heavy atom. The quantitative estimate of drug-likeness (QED) is 0.790. The molecular weight excluding hydrogens is 248 g/mol. The van der Waals surface area contributed by atoms with Crippen LogP contribution in [0.4, 0.5) is 0 Å². The summed E-state index contributed by atoms with van der Waals surface area (Å²) in [6, 6.07) is 11.2. The van der Waals surface area contributed by atoms with Gasteiger partial charge in [-0.25, -0.2) is 0 Å². The van der Waals surface area contributed by atoms with Gasteiger partial charge in [0.25, 0.3) is 0 Å². The van der Waals surface area contributed by atoms with Crippen LogP contribution in [0.2, 0.25) is 0 Å². The molecule has 1 saturated heterocycles. The monoisotopic (exact) mass is 276 g/mol. The van der Waals surface area contributed by atoms with Crippen LogP contribution >= 0.6 is 0 Å². The molecule has 0 radical (unpaired) electrons. The van der Waals surface area contributed by atoms with Gasteiger partial charge >= 0.3 is 0 Å². The molecule has 1 aromatic rings. The number of hydrogen-bond acceptors (Lipinski definition) is 3. The van der Waals surface area contributed by atoms with Gasteiger partial charge in [0.2, 0.25) is 0 Å². The second-order valence-electron chi connectivity index (χ2n) is 5.57. The van der Waals surface area contributed by atoms with Gasteiger partial charge in [-0.1, -0.05) is 37.3 Å². The van der Waals surface area contributed by atoms with Gasteiger partial charge in [0.15, 0.2) is 0 Å². The molecule has 1 fully saturated rings. The molecule has 1 aliphatic heterocycles. The molecule has 3 nitrogen and oxygen atoms in total. The van der Waals surface area contributed by atoms with Crippen LogP contribution in [-0.2, 0) is 4.74 Å². The predicted octanol–water partition coefficient (Wildman–Crippen LogP) is 2.84. The Morgan fingerprint density at radius 1 is 1.35 bits per heavy atom. The molecule has 0 aromatic heterocycles. The highest BCUT2D eigenvalue weighted by Gasteiger charge is 2.19. The minimum atomic E-state index is 0.440. The second-order valence-corrected chi connectivity index (χ2v) is 5.57. The average molecular weight is 276 g/mol. The maximum atomic E-state index is 5.75. The smallest absolute Gasteiger partial charge is 0.0702 e. The summed E-state index contributed by atoms with van der Waals surface area (Å²) in [4.78, 5) is 2.52. The van der Waals surface area contributed by atoms with Crippen LogP contribution in [0.25, 0.3) is 0 Å². The van der Waals surface area contributed by atoms with Gasteiger partial charge in [0.1, 0.15) is 0 Å². The van der Waals surface area contributed by atoms with Crippen LogP contribution in [0.15, 0.2) is 30.3 Å². The molecule has 1 heterocycles. The summed E-state index contributed by atoms with van der Waals surface area (Å²) in [6.07, 6.45) is 4.05. The maximum absolute atomic E-state index is 5.75. The molecule has 1 aromatic carbocycles. The molecule has 2 rings (SSSR count). The van der Waals surface area contributed by atoms with E-state index in [1.54, 1.807) is 0 Å². The SMILES string of the molecule is CCN(CCC(NC)c1ccccc1)CC1CCCO1. The fraction of sp³-hybridized carbons (Fsp3) is 0.647. The Kier molecular flexibility index (Phi) is 6.51. The Morgan fingerprint density at radius 2 is 2.15 bits per heavy atom. The Labute approximate surface area is 123 Å². The molecule has 112 valence electrons. The van der Waals surface area contributed by atoms with E-state index in [9.17, 15) is 0 Å². The summed E-state index contributed by atoms with van der Waals surface area (Å²) in [7, 11) is 2.05. The van der Waals surface area contributed by atoms with Gasteiger partial charge in [0.05, 0.1) is 6.10 Å². The van der Waals surface area contributed by atoms with Crippen molar-refractivity contribution >= 4 is 0 Å². The van der Waals surface area contributed by atoms with Gasteiger partial charge in [-0.05, 0) is 38.4 Å². The first-order valence-electron chi connectivity index (χ1n) is 7.89. The molecular formula is C17H28N2O. The third-order valence-corrected chi connectivity index (χ3v) is 4.22. The van der Waals surface area contributed by atoms with Gasteiger partial charge in [-0.2, -0.15) is 0 Å². The van der Waals surface area contributed by atoms with Crippen molar-refractivity contribution in [3.05, 3.63) is 35.9 Å². The van der Waals surface area contributed by atoms with Crippen molar-refractivity contribution < 1.29 is 4.74 Å². The van der Waals surface area contributed by atoms with Gasteiger partial charge in [0, 0.05) is 25.7 Å². The zero-order valence-electron chi connectivity index (χ0n) is 12.8. The number of nitrogens with one attached hydrogen (secondary N) is 1. The molecule has 0 saturated carbocycles. The van der Waals surface area contributed by atoms with E-state index in [-0.39, 0.29) is 0 Å². The van der Waals surface area contributed by atoms with Gasteiger partial charge in [-0.3, -0.25) is 0 Å². The predicted molar refractivity (Wildman–Crippen MR) is 83.9 cm³/mol. The van der Waals surface area contributed by atoms with E-state index >= 15 is 0 Å². The van der Waals surface area contributed by atoms with Gasteiger partial charge < -0.3 is 15.0 Å². The maximum Gasteiger partial charge on any atom is 0.0702 e. The summed E-state index contributed by atoms with van der Waals surface area (Å²) < 4.78 is 5.75. The normalized spacial score (nSPS) is 20.4. The highest BCUT2D eigenvalue weighted by molar-refractivity contribution is 5.18. The van der Waals surface area contributed by atoms with Crippen LogP contribution in [0.5, 0.6) is 0 Å². The van der Waals surface area contributed by atoms with Gasteiger partial charge in [-0.15, -0.1) is 0 Å². The molecule has 2 unspecified atom stereocenters. The molecule has 1 N–H and O–H groups in total. The summed E-state index contributed by atoms with van der Waals surface area (Å²) >= 11 is 0. The van der Waals surface area contributed by atoms with E-state index in [0.717, 1.165) is 32.7 Å². The lowest BCUT2D eigenvalue weighted by Gasteiger charge is -2.26. The van der Waals surface area contributed by atoms with E-state index in [1.165, 1.54) is 18.4 Å². The van der Waals surface area contributed by atoms with E-state index in [1.807, 2.05) is 7.05 Å². The molecule has 0 bridgehead atoms. The molecule has 0 amide bonds. The number of hydrogen-bond donors (Lipinski definition) is 1. The lowest BCUT2D eigenvalue weighted by atomic mass is 10.0. The Hall–Kier alpha value is -0.900. The van der Waals surface area contributed by atoms with Crippen molar-refractivity contribution in [1.29, 1.82) is 0 Å². The van der Waals surface area contributed by atoms with Crippen molar-refractivity contribution in [3.8, 4) is 0 Å². The highest BCUT2D eigenvalue weighted by Crippen LogP contribution is 2.18. The van der Waals surface area contributed by atoms with Crippen molar-refractivity contribution in [1.82, 2.24) is 10.2 Å². The van der Waals surface area contributed by atoms with E-state index < -0.39 is 0 Å². The number of likely N-dealkylation sites (N-methyl/N-ethyl adjacent to an activating group) is 1. The first-order chi connectivity index (χ1) is 9.83. The Bertz CT molecular complexity index is 363. The summed E-state index contributed by atoms with van der Waals surface area (Å²) in [5.41, 5.74) is 1.38. The van der Waals surface area contributed by atoms with E-state index in [4.69, 9.17) is 4.74 Å². The number of nitrogens with zero attached hydrogens (tertiary/aromatic N) is 1. The topological polar surface area (TPSA) is 24.5 Å². The van der Waals surface area contributed by atoms with Crippen molar-refractivity contribution in [2.75, 3.05) is 33.3 Å². The fourth-order valence-electron chi connectivity index (χ4n) is 2.93. The van der Waals surface area contributed by atoms with E-state index in [0.29, 0.717) is 12.1 Å². The molecule has 1 aliphatic rings. The standard InChI is InChI=1S/C17H28N2O/c1-3-19(14-16-10-7-13-20-16)12-11-17(18-2)15-8-5-4-6-9-15/h4-6,8-9,16-18H,3,7,10-14H2,1-2H3. The second kappa shape index (κ2) is 8.40. The van der Waals surface area contributed by atoms with Crippen LogP contribution in [0, 0.1) is 0 Å². The molecule has 0 aliphatic carbocycles. The lowest BCUT2D eigenvalue weighted by molar-refractivity contribution is 0.0735. The highest BCUT2D eigenvalue weighted by atomic mass is 16.5. The van der Waals surface area contributed by atoms with E-state index in [2.05, 4.69) is 47.5 Å². The minimum Gasteiger partial charge on any atom is -0.377 e. The Balaban J connectivity index is 1.81. The third kappa shape index (κ3) is 4.58. The molecule has 3 heteroatoms. The van der Waals surface area contributed by atoms with Crippen molar-refractivity contribution in [2.24, 2.45) is 0 Å². The average Bonchev–Trinajstić information content (AvgIpc) is 3.00. The zero-order chi connectivity index (χ0) is 14.2. The van der Waals surface area contributed by atoms with Crippen LogP contribution in [0.3, 0.4) is 0 Å². The largest absolute Gasteiger partial charge is 0.377 e. The zero-order valence-corrected chi connectivity index (χ0v) is 12.8. The van der Waals surface area contributed by atoms with Crippen LogP contribution < -0.4 is 5.32 Å². The number of ether oxygens (including phenoxy) is 1. The first-order valence-corrected chi connectivity index (χ1v) is 7.89. The fourth-order valence-corrected chi connectivity index (χ4v) is 2.93. The number of benzene rings is 1. The number of rotatable bonds is 8. The van der Waals surface area contributed by atoms with Crippen LogP contribution in [0.1, 0.15) is 37.8 Å². The molecule has 20 heavy (non-hydrogen) atoms. The first kappa shape index (κ1) is 15.5. The molecule has 0 spiro atoms.